The van der Waals surface area contributed by atoms with Crippen LogP contribution in [0.4, 0.5) is 13.2 Å². The molecule has 1 heterocycles. The van der Waals surface area contributed by atoms with Gasteiger partial charge in [-0.25, -0.2) is 0 Å². The SMILES string of the molecule is COc1ccc2[nH]c(C(F)(F)F)c(C)c(=O)c2c1. The number of hydrogen-bond acceptors (Lipinski definition) is 2. The van der Waals surface area contributed by atoms with Crippen LogP contribution in [0.5, 0.6) is 5.75 Å². The van der Waals surface area contributed by atoms with Crippen LogP contribution in [0.25, 0.3) is 10.9 Å². The number of hydrogen-bond donors (Lipinski definition) is 1. The largest absolute Gasteiger partial charge is 0.497 e. The minimum atomic E-state index is -4.57. The molecule has 2 rings (SSSR count). The van der Waals surface area contributed by atoms with Gasteiger partial charge in [-0.2, -0.15) is 13.2 Å². The van der Waals surface area contributed by atoms with Gasteiger partial charge in [0.25, 0.3) is 0 Å². The number of rotatable bonds is 1. The van der Waals surface area contributed by atoms with Gasteiger partial charge >= 0.3 is 6.18 Å². The number of nitrogens with one attached hydrogen (secondary N) is 1. The summed E-state index contributed by atoms with van der Waals surface area (Å²) < 4.78 is 43.1. The molecule has 0 fully saturated rings. The number of benzene rings is 1. The first-order valence-electron chi connectivity index (χ1n) is 5.12. The molecule has 0 aliphatic rings. The van der Waals surface area contributed by atoms with Crippen LogP contribution in [0.1, 0.15) is 11.3 Å². The molecule has 96 valence electrons. The normalized spacial score (nSPS) is 11.8. The Kier molecular flexibility index (Phi) is 2.80. The number of H-pyrrole nitrogens is 1. The molecule has 0 unspecified atom stereocenters. The van der Waals surface area contributed by atoms with E-state index in [1.165, 1.54) is 25.3 Å². The molecule has 0 aliphatic carbocycles. The zero-order valence-electron chi connectivity index (χ0n) is 9.68. The fourth-order valence-corrected chi connectivity index (χ4v) is 1.77. The van der Waals surface area contributed by atoms with Gasteiger partial charge in [0.2, 0.25) is 0 Å². The van der Waals surface area contributed by atoms with Crippen LogP contribution in [0.15, 0.2) is 23.0 Å². The number of halogens is 3. The van der Waals surface area contributed by atoms with E-state index in [-0.39, 0.29) is 16.5 Å². The zero-order chi connectivity index (χ0) is 13.5. The van der Waals surface area contributed by atoms with E-state index in [4.69, 9.17) is 4.74 Å². The van der Waals surface area contributed by atoms with Gasteiger partial charge in [-0.1, -0.05) is 0 Å². The number of aromatic amines is 1. The van der Waals surface area contributed by atoms with Crippen LogP contribution >= 0.6 is 0 Å². The maximum atomic E-state index is 12.7. The molecule has 0 saturated heterocycles. The summed E-state index contributed by atoms with van der Waals surface area (Å²) in [6, 6.07) is 4.30. The van der Waals surface area contributed by atoms with E-state index >= 15 is 0 Å². The van der Waals surface area contributed by atoms with Crippen molar-refractivity contribution in [3.63, 3.8) is 0 Å². The highest BCUT2D eigenvalue weighted by molar-refractivity contribution is 5.81. The Hall–Kier alpha value is -1.98. The lowest BCUT2D eigenvalue weighted by atomic mass is 10.1. The first-order valence-corrected chi connectivity index (χ1v) is 5.12. The van der Waals surface area contributed by atoms with Crippen molar-refractivity contribution < 1.29 is 17.9 Å². The predicted molar refractivity (Wildman–Crippen MR) is 60.9 cm³/mol. The molecule has 18 heavy (non-hydrogen) atoms. The Bertz CT molecular complexity index is 659. The van der Waals surface area contributed by atoms with E-state index in [9.17, 15) is 18.0 Å². The predicted octanol–water partition coefficient (Wildman–Crippen LogP) is 2.86. The number of fused-ring (bicyclic) bond motifs is 1. The highest BCUT2D eigenvalue weighted by atomic mass is 19.4. The summed E-state index contributed by atoms with van der Waals surface area (Å²) in [5.74, 6) is 0.423. The summed E-state index contributed by atoms with van der Waals surface area (Å²) in [6.07, 6.45) is -4.57. The van der Waals surface area contributed by atoms with Crippen LogP contribution in [0, 0.1) is 6.92 Å². The van der Waals surface area contributed by atoms with Gasteiger partial charge in [0.05, 0.1) is 7.11 Å². The number of ether oxygens (including phenoxy) is 1. The second kappa shape index (κ2) is 4.04. The molecule has 0 spiro atoms. The summed E-state index contributed by atoms with van der Waals surface area (Å²) in [6.45, 7) is 1.15. The number of pyridine rings is 1. The molecule has 6 heteroatoms. The van der Waals surface area contributed by atoms with Gasteiger partial charge in [-0.3, -0.25) is 4.79 Å². The Labute approximate surface area is 100 Å². The minimum absolute atomic E-state index is 0.138. The lowest BCUT2D eigenvalue weighted by Crippen LogP contribution is -2.18. The fourth-order valence-electron chi connectivity index (χ4n) is 1.77. The van der Waals surface area contributed by atoms with Gasteiger partial charge in [-0.15, -0.1) is 0 Å². The third-order valence-electron chi connectivity index (χ3n) is 2.73. The van der Waals surface area contributed by atoms with Gasteiger partial charge in [0, 0.05) is 16.5 Å². The van der Waals surface area contributed by atoms with Crippen molar-refractivity contribution in [1.29, 1.82) is 0 Å². The third kappa shape index (κ3) is 1.94. The van der Waals surface area contributed by atoms with Gasteiger partial charge in [-0.05, 0) is 25.1 Å². The van der Waals surface area contributed by atoms with Crippen LogP contribution in [-0.4, -0.2) is 12.1 Å². The molecule has 0 saturated carbocycles. The van der Waals surface area contributed by atoms with Crippen molar-refractivity contribution in [2.45, 2.75) is 13.1 Å². The number of aromatic nitrogens is 1. The highest BCUT2D eigenvalue weighted by Crippen LogP contribution is 2.30. The maximum Gasteiger partial charge on any atom is 0.431 e. The lowest BCUT2D eigenvalue weighted by molar-refractivity contribution is -0.141. The van der Waals surface area contributed by atoms with Gasteiger partial charge in [0.15, 0.2) is 5.43 Å². The van der Waals surface area contributed by atoms with Crippen molar-refractivity contribution in [2.75, 3.05) is 7.11 Å². The maximum absolute atomic E-state index is 12.7. The van der Waals surface area contributed by atoms with E-state index in [1.54, 1.807) is 0 Å². The Balaban J connectivity index is 2.83. The van der Waals surface area contributed by atoms with Crippen LogP contribution < -0.4 is 10.2 Å². The van der Waals surface area contributed by atoms with Crippen molar-refractivity contribution in [3.8, 4) is 5.75 Å². The Morgan fingerprint density at radius 1 is 1.28 bits per heavy atom. The third-order valence-corrected chi connectivity index (χ3v) is 2.73. The Morgan fingerprint density at radius 3 is 2.50 bits per heavy atom. The lowest BCUT2D eigenvalue weighted by Gasteiger charge is -2.11. The molecule has 0 radical (unpaired) electrons. The summed E-state index contributed by atoms with van der Waals surface area (Å²) in [4.78, 5) is 14.1. The van der Waals surface area contributed by atoms with Gasteiger partial charge in [0.1, 0.15) is 11.4 Å². The molecule has 1 aromatic heterocycles. The summed E-state index contributed by atoms with van der Waals surface area (Å²) in [5, 5.41) is 0.180. The van der Waals surface area contributed by atoms with E-state index < -0.39 is 17.3 Å². The molecular weight excluding hydrogens is 247 g/mol. The van der Waals surface area contributed by atoms with E-state index in [0.717, 1.165) is 6.92 Å². The average molecular weight is 257 g/mol. The van der Waals surface area contributed by atoms with Crippen LogP contribution in [-0.2, 0) is 6.18 Å². The number of alkyl halides is 3. The molecule has 3 nitrogen and oxygen atoms in total. The Morgan fingerprint density at radius 2 is 1.94 bits per heavy atom. The molecule has 0 bridgehead atoms. The minimum Gasteiger partial charge on any atom is -0.497 e. The van der Waals surface area contributed by atoms with E-state index in [1.807, 2.05) is 0 Å². The quantitative estimate of drug-likeness (QED) is 0.853. The van der Waals surface area contributed by atoms with Crippen molar-refractivity contribution in [3.05, 3.63) is 39.7 Å². The van der Waals surface area contributed by atoms with Crippen molar-refractivity contribution in [2.24, 2.45) is 0 Å². The fraction of sp³-hybridized carbons (Fsp3) is 0.250. The van der Waals surface area contributed by atoms with E-state index in [2.05, 4.69) is 4.98 Å². The monoisotopic (exact) mass is 257 g/mol. The van der Waals surface area contributed by atoms with Gasteiger partial charge < -0.3 is 9.72 Å². The molecule has 1 N–H and O–H groups in total. The first kappa shape index (κ1) is 12.5. The standard InChI is InChI=1S/C12H10F3NO2/c1-6-10(17)8-5-7(18-2)3-4-9(8)16-11(6)12(13,14)15/h3-5H,1-2H3,(H,16,17). The molecular formula is C12H10F3NO2. The topological polar surface area (TPSA) is 42.1 Å². The zero-order valence-corrected chi connectivity index (χ0v) is 9.68. The smallest absolute Gasteiger partial charge is 0.431 e. The van der Waals surface area contributed by atoms with Crippen molar-refractivity contribution >= 4 is 10.9 Å². The van der Waals surface area contributed by atoms with E-state index in [0.29, 0.717) is 5.75 Å². The molecule has 0 aliphatic heterocycles. The molecule has 0 amide bonds. The highest BCUT2D eigenvalue weighted by Gasteiger charge is 2.34. The summed E-state index contributed by atoms with van der Waals surface area (Å²) >= 11 is 0. The summed E-state index contributed by atoms with van der Waals surface area (Å²) in [7, 11) is 1.42. The van der Waals surface area contributed by atoms with Crippen molar-refractivity contribution in [1.82, 2.24) is 4.98 Å². The molecule has 0 atom stereocenters. The molecule has 2 aromatic rings. The summed E-state index contributed by atoms with van der Waals surface area (Å²) in [5.41, 5.74) is -1.86. The second-order valence-electron chi connectivity index (χ2n) is 3.86. The van der Waals surface area contributed by atoms with Crippen LogP contribution in [0.3, 0.4) is 0 Å². The number of methoxy groups -OCH3 is 1. The second-order valence-corrected chi connectivity index (χ2v) is 3.86. The first-order chi connectivity index (χ1) is 8.34. The molecule has 1 aromatic carbocycles. The van der Waals surface area contributed by atoms with Crippen LogP contribution in [0.2, 0.25) is 0 Å². The average Bonchev–Trinajstić information content (AvgIpc) is 2.32.